The number of piperidine rings is 1. The van der Waals surface area contributed by atoms with E-state index in [1.165, 1.54) is 23.5 Å². The Hall–Kier alpha value is -3.35. The molecule has 2 aromatic rings. The first kappa shape index (κ1) is 23.8. The predicted molar refractivity (Wildman–Crippen MR) is 129 cm³/mol. The minimum Gasteiger partial charge on any atom is -0.442 e. The highest BCUT2D eigenvalue weighted by molar-refractivity contribution is 8.02. The van der Waals surface area contributed by atoms with Gasteiger partial charge in [0.05, 0.1) is 18.8 Å². The third kappa shape index (κ3) is 5.24. The van der Waals surface area contributed by atoms with Gasteiger partial charge in [-0.25, -0.2) is 9.18 Å². The fraction of sp³-hybridized carbons (Fsp3) is 0.320. The number of nitrogens with one attached hydrogen (secondary N) is 1. The second kappa shape index (κ2) is 10.3. The highest BCUT2D eigenvalue weighted by atomic mass is 32.2. The van der Waals surface area contributed by atoms with Crippen LogP contribution in [0.1, 0.15) is 19.8 Å². The number of carbonyl (C=O) groups excluding carboxylic acids is 2. The molecule has 7 nitrogen and oxygen atoms in total. The second-order valence-electron chi connectivity index (χ2n) is 8.41. The molecular weight excluding hydrogens is 455 g/mol. The van der Waals surface area contributed by atoms with Crippen LogP contribution in [0.4, 0.5) is 20.6 Å². The summed E-state index contributed by atoms with van der Waals surface area (Å²) in [6.07, 6.45) is 2.64. The highest BCUT2D eigenvalue weighted by Gasteiger charge is 2.39. The fourth-order valence-electron chi connectivity index (χ4n) is 4.18. The van der Waals surface area contributed by atoms with Gasteiger partial charge in [0.15, 0.2) is 11.5 Å². The van der Waals surface area contributed by atoms with Crippen molar-refractivity contribution in [1.29, 1.82) is 5.26 Å². The molecule has 0 spiro atoms. The van der Waals surface area contributed by atoms with Crippen LogP contribution in [-0.4, -0.2) is 44.3 Å². The van der Waals surface area contributed by atoms with Gasteiger partial charge in [-0.1, -0.05) is 35.5 Å². The summed E-state index contributed by atoms with van der Waals surface area (Å²) in [5.74, 6) is -0.739. The number of ether oxygens (including phenoxy) is 1. The van der Waals surface area contributed by atoms with Crippen LogP contribution < -0.4 is 14.7 Å². The van der Waals surface area contributed by atoms with Crippen molar-refractivity contribution in [3.05, 3.63) is 65.3 Å². The summed E-state index contributed by atoms with van der Waals surface area (Å²) in [7, 11) is 0. The average Bonchev–Trinajstić information content (AvgIpc) is 3.23. The molecule has 176 valence electrons. The van der Waals surface area contributed by atoms with E-state index in [4.69, 9.17) is 4.74 Å². The van der Waals surface area contributed by atoms with Gasteiger partial charge in [0.25, 0.3) is 0 Å². The molecule has 0 aromatic heterocycles. The fourth-order valence-corrected chi connectivity index (χ4v) is 5.03. The number of carbonyl (C=O) groups is 2. The molecule has 34 heavy (non-hydrogen) atoms. The molecule has 9 heteroatoms. The van der Waals surface area contributed by atoms with Crippen molar-refractivity contribution >= 4 is 35.1 Å². The predicted octanol–water partition coefficient (Wildman–Crippen LogP) is 4.55. The number of nitrogens with zero attached hydrogens (tertiary/aromatic N) is 3. The normalized spacial score (nSPS) is 22.1. The zero-order valence-electron chi connectivity index (χ0n) is 18.9. The quantitative estimate of drug-likeness (QED) is 0.372. The molecule has 2 aliphatic rings. The largest absolute Gasteiger partial charge is 0.442 e. The molecule has 2 heterocycles. The Kier molecular flexibility index (Phi) is 7.20. The topological polar surface area (TPSA) is 82.4 Å². The smallest absolute Gasteiger partial charge is 0.414 e. The number of anilines is 1. The summed E-state index contributed by atoms with van der Waals surface area (Å²) in [5, 5.41) is 14.7. The summed E-state index contributed by atoms with van der Waals surface area (Å²) in [4.78, 5) is 25.8. The van der Waals surface area contributed by atoms with E-state index in [-0.39, 0.29) is 23.5 Å². The number of thioether (sulfide) groups is 1. The Morgan fingerprint density at radius 1 is 1.29 bits per heavy atom. The van der Waals surface area contributed by atoms with Crippen LogP contribution in [-0.2, 0) is 9.53 Å². The second-order valence-corrected chi connectivity index (χ2v) is 9.35. The maximum Gasteiger partial charge on any atom is 0.414 e. The first-order valence-corrected chi connectivity index (χ1v) is 12.0. The lowest BCUT2D eigenvalue weighted by molar-refractivity contribution is -0.119. The minimum absolute atomic E-state index is 0.102. The van der Waals surface area contributed by atoms with Crippen LogP contribution in [0.3, 0.4) is 0 Å². The molecule has 1 N–H and O–H groups in total. The van der Waals surface area contributed by atoms with Crippen LogP contribution in [0.25, 0.3) is 0 Å². The summed E-state index contributed by atoms with van der Waals surface area (Å²) in [6, 6.07) is 14.6. The van der Waals surface area contributed by atoms with Crippen molar-refractivity contribution in [3.8, 4) is 6.19 Å². The van der Waals surface area contributed by atoms with Crippen molar-refractivity contribution in [3.63, 3.8) is 0 Å². The van der Waals surface area contributed by atoms with Crippen LogP contribution in [0.2, 0.25) is 0 Å². The third-order valence-electron chi connectivity index (χ3n) is 6.08. The van der Waals surface area contributed by atoms with Gasteiger partial charge in [0, 0.05) is 36.8 Å². The van der Waals surface area contributed by atoms with Crippen molar-refractivity contribution < 1.29 is 18.7 Å². The molecule has 0 saturated carbocycles. The number of nitriles is 1. The number of cyclic esters (lactones) is 1. The molecule has 0 unspecified atom stereocenters. The molecule has 1 atom stereocenters. The number of hydrogen-bond acceptors (Lipinski definition) is 5. The number of likely N-dealkylation sites (tertiary alicyclic amines) is 1. The highest BCUT2D eigenvalue weighted by Crippen LogP contribution is 2.36. The minimum atomic E-state index is -0.588. The Bertz CT molecular complexity index is 1140. The van der Waals surface area contributed by atoms with Crippen molar-refractivity contribution in [2.24, 2.45) is 0 Å². The zero-order chi connectivity index (χ0) is 24.1. The van der Waals surface area contributed by atoms with Gasteiger partial charge in [-0.2, -0.15) is 4.48 Å². The van der Waals surface area contributed by atoms with E-state index in [1.807, 2.05) is 18.2 Å². The number of rotatable bonds is 6. The van der Waals surface area contributed by atoms with E-state index < -0.39 is 18.0 Å². The molecular formula is C25H26FN4O3S+. The van der Waals surface area contributed by atoms with E-state index in [2.05, 4.69) is 29.1 Å². The van der Waals surface area contributed by atoms with Crippen LogP contribution in [0.5, 0.6) is 0 Å². The van der Waals surface area contributed by atoms with E-state index in [9.17, 15) is 14.9 Å². The Labute approximate surface area is 202 Å². The summed E-state index contributed by atoms with van der Waals surface area (Å²) in [6.45, 7) is 2.77. The monoisotopic (exact) mass is 481 g/mol. The molecule has 2 fully saturated rings. The van der Waals surface area contributed by atoms with Gasteiger partial charge in [-0.15, -0.1) is 5.26 Å². The zero-order valence-corrected chi connectivity index (χ0v) is 19.7. The van der Waals surface area contributed by atoms with Gasteiger partial charge in [-0.05, 0) is 23.6 Å². The molecule has 0 radical (unpaired) electrons. The standard InChI is InChI=1S/C25H25FN4O3S/c1-18(31)28-14-21-15-29(25(32)33-21)20-7-8-24(23(26)13-20)30(17-27)11-9-19(10-12-30)16-34-22-5-3-2-4-6-22/h2-8,13,16,21H,9-12,14-15H2,1H3/p+1/t21-,30?/m0/s1. The van der Waals surface area contributed by atoms with Crippen LogP contribution >= 0.6 is 11.8 Å². The molecule has 2 aliphatic heterocycles. The average molecular weight is 482 g/mol. The Morgan fingerprint density at radius 3 is 2.68 bits per heavy atom. The number of hydrogen-bond donors (Lipinski definition) is 1. The number of benzene rings is 2. The van der Waals surface area contributed by atoms with Gasteiger partial charge in [-0.3, -0.25) is 9.69 Å². The molecule has 2 saturated heterocycles. The van der Waals surface area contributed by atoms with Crippen molar-refractivity contribution in [2.75, 3.05) is 31.1 Å². The van der Waals surface area contributed by atoms with Crippen LogP contribution in [0, 0.1) is 17.3 Å². The maximum atomic E-state index is 15.2. The molecule has 4 rings (SSSR count). The maximum absolute atomic E-state index is 15.2. The third-order valence-corrected chi connectivity index (χ3v) is 7.08. The lowest BCUT2D eigenvalue weighted by atomic mass is 10.0. The van der Waals surface area contributed by atoms with Crippen molar-refractivity contribution in [2.45, 2.75) is 30.8 Å². The van der Waals surface area contributed by atoms with E-state index in [1.54, 1.807) is 23.9 Å². The lowest BCUT2D eigenvalue weighted by Gasteiger charge is -2.34. The molecule has 2 amide bonds. The molecule has 2 aromatic carbocycles. The first-order valence-electron chi connectivity index (χ1n) is 11.1. The van der Waals surface area contributed by atoms with Crippen LogP contribution in [0.15, 0.2) is 64.4 Å². The number of amides is 2. The Balaban J connectivity index is 1.44. The van der Waals surface area contributed by atoms with E-state index in [0.717, 1.165) is 4.90 Å². The molecule has 0 bridgehead atoms. The SMILES string of the molecule is CC(=O)NC[C@H]1CN(c2ccc([N+]3(C#N)CCC(=CSc4ccccc4)CC3)c(F)c2)C(=O)O1. The summed E-state index contributed by atoms with van der Waals surface area (Å²) >= 11 is 1.66. The van der Waals surface area contributed by atoms with Gasteiger partial charge in [0.1, 0.15) is 19.2 Å². The summed E-state index contributed by atoms with van der Waals surface area (Å²) < 4.78 is 20.4. The van der Waals surface area contributed by atoms with Gasteiger partial charge < -0.3 is 10.1 Å². The number of halogens is 1. The Morgan fingerprint density at radius 2 is 2.03 bits per heavy atom. The van der Waals surface area contributed by atoms with E-state index >= 15 is 4.39 Å². The molecule has 0 aliphatic carbocycles. The lowest BCUT2D eigenvalue weighted by Crippen LogP contribution is -2.49. The van der Waals surface area contributed by atoms with Gasteiger partial charge in [0.2, 0.25) is 5.91 Å². The van der Waals surface area contributed by atoms with Crippen molar-refractivity contribution in [1.82, 2.24) is 9.80 Å². The summed E-state index contributed by atoms with van der Waals surface area (Å²) in [5.41, 5.74) is 1.92. The van der Waals surface area contributed by atoms with E-state index in [0.29, 0.717) is 37.3 Å². The first-order chi connectivity index (χ1) is 16.4. The van der Waals surface area contributed by atoms with Gasteiger partial charge >= 0.3 is 12.3 Å². The number of quaternary nitrogens is 1.